The molecule has 2 amide bonds. The summed E-state index contributed by atoms with van der Waals surface area (Å²) in [7, 11) is 0. The zero-order valence-corrected chi connectivity index (χ0v) is 12.5. The van der Waals surface area contributed by atoms with E-state index in [1.165, 1.54) is 5.56 Å². The third-order valence-electron chi connectivity index (χ3n) is 3.64. The summed E-state index contributed by atoms with van der Waals surface area (Å²) in [5.41, 5.74) is 1.96. The van der Waals surface area contributed by atoms with Crippen molar-refractivity contribution >= 4 is 17.7 Å². The average Bonchev–Trinajstić information content (AvgIpc) is 3.23. The minimum atomic E-state index is -0.880. The predicted molar refractivity (Wildman–Crippen MR) is 81.5 cm³/mol. The van der Waals surface area contributed by atoms with E-state index in [4.69, 9.17) is 5.11 Å². The van der Waals surface area contributed by atoms with Crippen LogP contribution in [0.1, 0.15) is 44.6 Å². The van der Waals surface area contributed by atoms with Crippen LogP contribution in [0.2, 0.25) is 0 Å². The summed E-state index contributed by atoms with van der Waals surface area (Å²) in [5.74, 6) is -0.428. The lowest BCUT2D eigenvalue weighted by atomic mass is 10.0. The smallest absolute Gasteiger partial charge is 0.322 e. The normalized spacial score (nSPS) is 14.0. The number of carbonyl (C=O) groups excluding carboxylic acids is 1. The van der Waals surface area contributed by atoms with Crippen LogP contribution in [0, 0.1) is 0 Å². The largest absolute Gasteiger partial charge is 0.481 e. The van der Waals surface area contributed by atoms with Gasteiger partial charge in [0.05, 0.1) is 6.42 Å². The highest BCUT2D eigenvalue weighted by Gasteiger charge is 2.32. The lowest BCUT2D eigenvalue weighted by molar-refractivity contribution is -0.137. The Balaban J connectivity index is 1.96. The molecule has 0 spiro atoms. The van der Waals surface area contributed by atoms with E-state index in [0.717, 1.165) is 18.5 Å². The molecule has 1 saturated carbocycles. The van der Waals surface area contributed by atoms with Crippen LogP contribution in [-0.2, 0) is 4.79 Å². The molecule has 2 rings (SSSR count). The number of carboxylic acid groups (broad SMARTS) is 1. The van der Waals surface area contributed by atoms with Crippen molar-refractivity contribution in [2.45, 2.75) is 45.1 Å². The second kappa shape index (κ2) is 6.61. The fourth-order valence-electron chi connectivity index (χ4n) is 2.20. The van der Waals surface area contributed by atoms with Gasteiger partial charge in [0.2, 0.25) is 0 Å². The Kier molecular flexibility index (Phi) is 4.83. The molecule has 1 aromatic rings. The Morgan fingerprint density at radius 3 is 2.38 bits per heavy atom. The maximum atomic E-state index is 12.2. The highest BCUT2D eigenvalue weighted by molar-refractivity contribution is 5.90. The number of amides is 2. The number of hydrogen-bond donors (Lipinski definition) is 2. The topological polar surface area (TPSA) is 69.6 Å². The summed E-state index contributed by atoms with van der Waals surface area (Å²) >= 11 is 0. The second-order valence-corrected chi connectivity index (χ2v) is 5.78. The number of carbonyl (C=O) groups is 2. The summed E-state index contributed by atoms with van der Waals surface area (Å²) < 4.78 is 0. The zero-order valence-electron chi connectivity index (χ0n) is 12.5. The van der Waals surface area contributed by atoms with E-state index in [1.807, 2.05) is 24.3 Å². The number of rotatable bonds is 6. The summed E-state index contributed by atoms with van der Waals surface area (Å²) in [6.45, 7) is 4.50. The van der Waals surface area contributed by atoms with Crippen LogP contribution in [0.5, 0.6) is 0 Å². The van der Waals surface area contributed by atoms with Crippen LogP contribution in [0.15, 0.2) is 24.3 Å². The van der Waals surface area contributed by atoms with Gasteiger partial charge in [-0.1, -0.05) is 26.0 Å². The molecule has 1 aromatic carbocycles. The molecular formula is C16H22N2O3. The molecular weight excluding hydrogens is 268 g/mol. The third-order valence-corrected chi connectivity index (χ3v) is 3.64. The van der Waals surface area contributed by atoms with Gasteiger partial charge in [-0.15, -0.1) is 0 Å². The third kappa shape index (κ3) is 4.48. The molecule has 0 aromatic heterocycles. The van der Waals surface area contributed by atoms with Gasteiger partial charge in [0.25, 0.3) is 0 Å². The van der Waals surface area contributed by atoms with E-state index < -0.39 is 5.97 Å². The fourth-order valence-corrected chi connectivity index (χ4v) is 2.20. The van der Waals surface area contributed by atoms with Crippen LogP contribution >= 0.6 is 0 Å². The molecule has 0 bridgehead atoms. The van der Waals surface area contributed by atoms with Crippen LogP contribution in [0.4, 0.5) is 10.5 Å². The SMILES string of the molecule is CC(C)c1ccc(NC(=O)N(CCC(=O)O)C2CC2)cc1. The molecule has 21 heavy (non-hydrogen) atoms. The van der Waals surface area contributed by atoms with E-state index in [1.54, 1.807) is 4.90 Å². The summed E-state index contributed by atoms with van der Waals surface area (Å²) in [4.78, 5) is 24.5. The van der Waals surface area contributed by atoms with Crippen molar-refractivity contribution in [3.63, 3.8) is 0 Å². The van der Waals surface area contributed by atoms with Gasteiger partial charge < -0.3 is 15.3 Å². The van der Waals surface area contributed by atoms with Crippen molar-refractivity contribution in [1.82, 2.24) is 4.90 Å². The molecule has 0 unspecified atom stereocenters. The number of aliphatic carboxylic acids is 1. The van der Waals surface area contributed by atoms with Gasteiger partial charge in [-0.05, 0) is 36.5 Å². The number of benzene rings is 1. The van der Waals surface area contributed by atoms with Crippen LogP contribution in [0.25, 0.3) is 0 Å². The second-order valence-electron chi connectivity index (χ2n) is 5.78. The lowest BCUT2D eigenvalue weighted by Crippen LogP contribution is -2.38. The molecule has 0 aliphatic heterocycles. The maximum Gasteiger partial charge on any atom is 0.322 e. The first-order valence-electron chi connectivity index (χ1n) is 7.36. The van der Waals surface area contributed by atoms with Crippen molar-refractivity contribution in [1.29, 1.82) is 0 Å². The molecule has 0 radical (unpaired) electrons. The molecule has 0 saturated heterocycles. The van der Waals surface area contributed by atoms with E-state index in [9.17, 15) is 9.59 Å². The van der Waals surface area contributed by atoms with Crippen molar-refractivity contribution in [3.8, 4) is 0 Å². The number of nitrogens with one attached hydrogen (secondary N) is 1. The minimum absolute atomic E-state index is 0.0177. The average molecular weight is 290 g/mol. The van der Waals surface area contributed by atoms with E-state index in [2.05, 4.69) is 19.2 Å². The minimum Gasteiger partial charge on any atom is -0.481 e. The summed E-state index contributed by atoms with van der Waals surface area (Å²) in [6, 6.07) is 7.75. The van der Waals surface area contributed by atoms with Gasteiger partial charge in [0, 0.05) is 18.3 Å². The van der Waals surface area contributed by atoms with Gasteiger partial charge in [0.1, 0.15) is 0 Å². The quantitative estimate of drug-likeness (QED) is 0.844. The maximum absolute atomic E-state index is 12.2. The molecule has 114 valence electrons. The highest BCUT2D eigenvalue weighted by atomic mass is 16.4. The Labute approximate surface area is 125 Å². The standard InChI is InChI=1S/C16H22N2O3/c1-11(2)12-3-5-13(6-4-12)17-16(21)18(14-7-8-14)10-9-15(19)20/h3-6,11,14H,7-10H2,1-2H3,(H,17,21)(H,19,20). The molecule has 0 atom stereocenters. The van der Waals surface area contributed by atoms with E-state index in [-0.39, 0.29) is 25.0 Å². The molecule has 1 fully saturated rings. The Morgan fingerprint density at radius 2 is 1.90 bits per heavy atom. The van der Waals surface area contributed by atoms with Gasteiger partial charge in [-0.25, -0.2) is 4.79 Å². The van der Waals surface area contributed by atoms with Gasteiger partial charge in [0.15, 0.2) is 0 Å². The molecule has 1 aliphatic rings. The highest BCUT2D eigenvalue weighted by Crippen LogP contribution is 2.27. The Bertz CT molecular complexity index is 507. The number of nitrogens with zero attached hydrogens (tertiary/aromatic N) is 1. The Hall–Kier alpha value is -2.04. The summed E-state index contributed by atoms with van der Waals surface area (Å²) in [5, 5.41) is 11.6. The first-order valence-corrected chi connectivity index (χ1v) is 7.36. The molecule has 5 heteroatoms. The van der Waals surface area contributed by atoms with E-state index in [0.29, 0.717) is 5.92 Å². The van der Waals surface area contributed by atoms with Crippen molar-refractivity contribution in [3.05, 3.63) is 29.8 Å². The fraction of sp³-hybridized carbons (Fsp3) is 0.500. The number of hydrogen-bond acceptors (Lipinski definition) is 2. The monoisotopic (exact) mass is 290 g/mol. The van der Waals surface area contributed by atoms with Gasteiger partial charge in [-0.2, -0.15) is 0 Å². The number of carboxylic acids is 1. The number of urea groups is 1. The Morgan fingerprint density at radius 1 is 1.29 bits per heavy atom. The molecule has 0 heterocycles. The van der Waals surface area contributed by atoms with Crippen molar-refractivity contribution in [2.75, 3.05) is 11.9 Å². The molecule has 2 N–H and O–H groups in total. The predicted octanol–water partition coefficient (Wildman–Crippen LogP) is 3.28. The van der Waals surface area contributed by atoms with Crippen molar-refractivity contribution in [2.24, 2.45) is 0 Å². The first-order chi connectivity index (χ1) is 9.97. The zero-order chi connectivity index (χ0) is 15.4. The lowest BCUT2D eigenvalue weighted by Gasteiger charge is -2.22. The number of anilines is 1. The molecule has 5 nitrogen and oxygen atoms in total. The first kappa shape index (κ1) is 15.4. The summed E-state index contributed by atoms with van der Waals surface area (Å²) in [6.07, 6.45) is 1.90. The van der Waals surface area contributed by atoms with Crippen LogP contribution in [-0.4, -0.2) is 34.6 Å². The van der Waals surface area contributed by atoms with Gasteiger partial charge >= 0.3 is 12.0 Å². The van der Waals surface area contributed by atoms with Gasteiger partial charge in [-0.3, -0.25) is 4.79 Å². The van der Waals surface area contributed by atoms with Crippen LogP contribution < -0.4 is 5.32 Å². The van der Waals surface area contributed by atoms with E-state index >= 15 is 0 Å². The van der Waals surface area contributed by atoms with Crippen molar-refractivity contribution < 1.29 is 14.7 Å². The van der Waals surface area contributed by atoms with Crippen LogP contribution in [0.3, 0.4) is 0 Å². The molecule has 1 aliphatic carbocycles.